The third-order valence-electron chi connectivity index (χ3n) is 0.722. The molecule has 3 N–H and O–H groups in total. The van der Waals surface area contributed by atoms with E-state index in [1.165, 1.54) is 13.2 Å². The van der Waals surface area contributed by atoms with Crippen molar-refractivity contribution in [3.63, 3.8) is 0 Å². The molecule has 0 heterocycles. The Bertz CT molecular complexity index is 114. The van der Waals surface area contributed by atoms with Gasteiger partial charge >= 0.3 is 0 Å². The third-order valence-corrected chi connectivity index (χ3v) is 0.722. The van der Waals surface area contributed by atoms with Crippen molar-refractivity contribution in [2.75, 3.05) is 6.54 Å². The molecule has 1 unspecified atom stereocenters. The number of nitrogens with one attached hydrogen (secondary N) is 1. The summed E-state index contributed by atoms with van der Waals surface area (Å²) in [5.74, 6) is -0.194. The summed E-state index contributed by atoms with van der Waals surface area (Å²) in [6.07, 6.45) is 1.53. The van der Waals surface area contributed by atoms with Gasteiger partial charge in [0.25, 0.3) is 0 Å². The molecule has 0 aliphatic carbocycles. The molecule has 0 aromatic heterocycles. The molecule has 0 fully saturated rings. The van der Waals surface area contributed by atoms with E-state index in [4.69, 9.17) is 5.73 Å². The van der Waals surface area contributed by atoms with Crippen LogP contribution in [0.5, 0.6) is 0 Å². The van der Waals surface area contributed by atoms with Gasteiger partial charge in [-0.15, -0.1) is 0 Å². The lowest BCUT2D eigenvalue weighted by Gasteiger charge is -2.01. The first-order valence-corrected chi connectivity index (χ1v) is 2.54. The molecule has 0 bridgehead atoms. The van der Waals surface area contributed by atoms with Crippen LogP contribution in [0.3, 0.4) is 0 Å². The van der Waals surface area contributed by atoms with Crippen LogP contribution in [0.25, 0.3) is 0 Å². The highest BCUT2D eigenvalue weighted by molar-refractivity contribution is 5.73. The fourth-order valence-electron chi connectivity index (χ4n) is 0.295. The number of hydrogen-bond acceptors (Lipinski definition) is 3. The fraction of sp³-hybridized carbons (Fsp3) is 0.600. The second-order valence-electron chi connectivity index (χ2n) is 1.66. The van der Waals surface area contributed by atoms with E-state index in [2.05, 4.69) is 5.32 Å². The Kier molecular flexibility index (Phi) is 3.62. The van der Waals surface area contributed by atoms with Crippen molar-refractivity contribution in [1.29, 1.82) is 0 Å². The van der Waals surface area contributed by atoms with Gasteiger partial charge < -0.3 is 11.1 Å². The van der Waals surface area contributed by atoms with Gasteiger partial charge in [0, 0.05) is 13.5 Å². The second kappa shape index (κ2) is 4.03. The molecule has 0 spiro atoms. The predicted molar refractivity (Wildman–Crippen MR) is 32.4 cm³/mol. The van der Waals surface area contributed by atoms with Crippen LogP contribution < -0.4 is 11.1 Å². The molecule has 51 valence electrons. The molecule has 9 heavy (non-hydrogen) atoms. The van der Waals surface area contributed by atoms with E-state index in [0.29, 0.717) is 0 Å². The molecule has 0 saturated heterocycles. The molecule has 0 saturated carbocycles. The van der Waals surface area contributed by atoms with Crippen molar-refractivity contribution < 1.29 is 9.59 Å². The zero-order valence-electron chi connectivity index (χ0n) is 5.18. The van der Waals surface area contributed by atoms with E-state index in [1.54, 1.807) is 0 Å². The highest BCUT2D eigenvalue weighted by Gasteiger charge is 1.99. The summed E-state index contributed by atoms with van der Waals surface area (Å²) < 4.78 is 0. The fourth-order valence-corrected chi connectivity index (χ4v) is 0.295. The maximum Gasteiger partial charge on any atom is 0.218 e. The Balaban J connectivity index is 3.26. The van der Waals surface area contributed by atoms with E-state index in [9.17, 15) is 9.59 Å². The quantitative estimate of drug-likeness (QED) is 0.490. The number of nitrogens with two attached hydrogens (primary N) is 1. The van der Waals surface area contributed by atoms with E-state index >= 15 is 0 Å². The number of hydrogen-bond donors (Lipinski definition) is 2. The third kappa shape index (κ3) is 4.96. The molecule has 1 amide bonds. The smallest absolute Gasteiger partial charge is 0.218 e. The van der Waals surface area contributed by atoms with Gasteiger partial charge in [-0.05, 0) is 0 Å². The number of carbonyl (C=O) groups is 1. The maximum atomic E-state index is 10.2. The van der Waals surface area contributed by atoms with E-state index in [0.717, 1.165) is 0 Å². The van der Waals surface area contributed by atoms with Crippen LogP contribution in [-0.4, -0.2) is 24.8 Å². The lowest BCUT2D eigenvalue weighted by molar-refractivity contribution is -0.118. The van der Waals surface area contributed by atoms with Gasteiger partial charge in [-0.25, -0.2) is 0 Å². The summed E-state index contributed by atoms with van der Waals surface area (Å²) in [5, 5.41) is 2.37. The SMILES string of the molecule is CC(=O)NCC(N)[C]=O. The van der Waals surface area contributed by atoms with Gasteiger partial charge in [-0.2, -0.15) is 0 Å². The highest BCUT2D eigenvalue weighted by Crippen LogP contribution is 1.66. The molecular weight excluding hydrogens is 120 g/mol. The van der Waals surface area contributed by atoms with Crippen molar-refractivity contribution in [2.24, 2.45) is 5.73 Å². The maximum absolute atomic E-state index is 10.2. The van der Waals surface area contributed by atoms with E-state index in [1.807, 2.05) is 0 Å². The highest BCUT2D eigenvalue weighted by atomic mass is 16.1. The summed E-state index contributed by atoms with van der Waals surface area (Å²) in [6, 6.07) is -0.700. The monoisotopic (exact) mass is 129 g/mol. The minimum atomic E-state index is -0.700. The lowest BCUT2D eigenvalue weighted by Crippen LogP contribution is -2.36. The van der Waals surface area contributed by atoms with Gasteiger partial charge in [-0.1, -0.05) is 0 Å². The largest absolute Gasteiger partial charge is 0.354 e. The molecule has 0 rings (SSSR count). The van der Waals surface area contributed by atoms with Crippen molar-refractivity contribution in [3.05, 3.63) is 0 Å². The van der Waals surface area contributed by atoms with Crippen LogP contribution in [0.4, 0.5) is 0 Å². The summed E-state index contributed by atoms with van der Waals surface area (Å²) >= 11 is 0. The average Bonchev–Trinajstić information content (AvgIpc) is 1.83. The van der Waals surface area contributed by atoms with Gasteiger partial charge in [0.15, 0.2) is 0 Å². The number of carbonyl (C=O) groups excluding carboxylic acids is 2. The van der Waals surface area contributed by atoms with Crippen LogP contribution in [-0.2, 0) is 9.59 Å². The molecule has 1 radical (unpaired) electrons. The van der Waals surface area contributed by atoms with Gasteiger partial charge in [0.05, 0.1) is 6.04 Å². The minimum absolute atomic E-state index is 0.166. The topological polar surface area (TPSA) is 72.2 Å². The Morgan fingerprint density at radius 3 is 2.78 bits per heavy atom. The minimum Gasteiger partial charge on any atom is -0.354 e. The lowest BCUT2D eigenvalue weighted by atomic mass is 10.3. The van der Waals surface area contributed by atoms with Gasteiger partial charge in [-0.3, -0.25) is 9.59 Å². The molecule has 0 aromatic carbocycles. The van der Waals surface area contributed by atoms with E-state index in [-0.39, 0.29) is 12.5 Å². The normalized spacial score (nSPS) is 12.2. The summed E-state index contributed by atoms with van der Waals surface area (Å²) in [7, 11) is 0. The van der Waals surface area contributed by atoms with Crippen LogP contribution >= 0.6 is 0 Å². The van der Waals surface area contributed by atoms with E-state index < -0.39 is 6.04 Å². The first kappa shape index (κ1) is 8.10. The van der Waals surface area contributed by atoms with Crippen molar-refractivity contribution >= 4 is 12.2 Å². The summed E-state index contributed by atoms with van der Waals surface area (Å²) in [6.45, 7) is 1.52. The van der Waals surface area contributed by atoms with Crippen LogP contribution in [0, 0.1) is 0 Å². The Morgan fingerprint density at radius 1 is 1.89 bits per heavy atom. The van der Waals surface area contributed by atoms with Crippen LogP contribution in [0.1, 0.15) is 6.92 Å². The standard InChI is InChI=1S/C5H9N2O2/c1-4(9)7-2-5(6)3-8/h5H,2,6H2,1H3,(H,7,9). The predicted octanol–water partition coefficient (Wildman–Crippen LogP) is -1.44. The van der Waals surface area contributed by atoms with Crippen LogP contribution in [0.2, 0.25) is 0 Å². The first-order valence-electron chi connectivity index (χ1n) is 2.54. The van der Waals surface area contributed by atoms with Crippen molar-refractivity contribution in [3.8, 4) is 0 Å². The molecule has 0 aliphatic heterocycles. The Morgan fingerprint density at radius 2 is 2.44 bits per heavy atom. The average molecular weight is 129 g/mol. The second-order valence-corrected chi connectivity index (χ2v) is 1.66. The molecule has 1 atom stereocenters. The molecule has 0 aliphatic rings. The molecule has 4 nitrogen and oxygen atoms in total. The van der Waals surface area contributed by atoms with Crippen molar-refractivity contribution in [1.82, 2.24) is 5.32 Å². The zero-order valence-corrected chi connectivity index (χ0v) is 5.18. The van der Waals surface area contributed by atoms with Crippen LogP contribution in [0.15, 0.2) is 0 Å². The molecule has 0 aromatic rings. The summed E-state index contributed by atoms with van der Waals surface area (Å²) in [5.41, 5.74) is 5.08. The molecular formula is C5H9N2O2. The Hall–Kier alpha value is -0.900. The first-order chi connectivity index (χ1) is 4.16. The Labute approximate surface area is 53.4 Å². The van der Waals surface area contributed by atoms with Gasteiger partial charge in [0.1, 0.15) is 0 Å². The number of amides is 1. The van der Waals surface area contributed by atoms with Crippen molar-refractivity contribution in [2.45, 2.75) is 13.0 Å². The zero-order chi connectivity index (χ0) is 7.28. The number of rotatable bonds is 3. The van der Waals surface area contributed by atoms with Gasteiger partial charge in [0.2, 0.25) is 12.2 Å². The molecule has 4 heteroatoms. The summed E-state index contributed by atoms with van der Waals surface area (Å²) in [4.78, 5) is 19.9.